The molecular formula is C24H17ClN2O4S. The molecule has 32 heavy (non-hydrogen) atoms. The fourth-order valence-corrected chi connectivity index (χ4v) is 3.95. The summed E-state index contributed by atoms with van der Waals surface area (Å²) in [5.41, 5.74) is 1.72. The molecule has 4 rings (SSSR count). The van der Waals surface area contributed by atoms with Crippen molar-refractivity contribution in [2.75, 3.05) is 7.11 Å². The molecule has 0 spiro atoms. The molecular weight excluding hydrogens is 448 g/mol. The van der Waals surface area contributed by atoms with Crippen LogP contribution in [0.15, 0.2) is 82.7 Å². The first-order valence-electron chi connectivity index (χ1n) is 9.53. The SMILES string of the molecule is COc1cc(/C=C2\SC(=Nc3ccccc3)NC2=O)ccc1OC(=O)c1ccccc1Cl. The fourth-order valence-electron chi connectivity index (χ4n) is 2.89. The number of methoxy groups -OCH3 is 1. The minimum atomic E-state index is -0.590. The van der Waals surface area contributed by atoms with Crippen molar-refractivity contribution in [2.24, 2.45) is 4.99 Å². The monoisotopic (exact) mass is 464 g/mol. The van der Waals surface area contributed by atoms with Crippen LogP contribution in [0.4, 0.5) is 5.69 Å². The summed E-state index contributed by atoms with van der Waals surface area (Å²) in [5.74, 6) is -0.235. The maximum atomic E-state index is 12.5. The lowest BCUT2D eigenvalue weighted by Gasteiger charge is -2.10. The van der Waals surface area contributed by atoms with Crippen molar-refractivity contribution < 1.29 is 19.1 Å². The molecule has 0 atom stereocenters. The number of thioether (sulfide) groups is 1. The summed E-state index contributed by atoms with van der Waals surface area (Å²) in [7, 11) is 1.47. The summed E-state index contributed by atoms with van der Waals surface area (Å²) >= 11 is 7.31. The third-order valence-electron chi connectivity index (χ3n) is 4.42. The predicted molar refractivity (Wildman–Crippen MR) is 127 cm³/mol. The van der Waals surface area contributed by atoms with Crippen LogP contribution in [0.5, 0.6) is 11.5 Å². The number of nitrogens with zero attached hydrogens (tertiary/aromatic N) is 1. The molecule has 1 heterocycles. The maximum Gasteiger partial charge on any atom is 0.345 e. The van der Waals surface area contributed by atoms with Gasteiger partial charge in [0, 0.05) is 0 Å². The Morgan fingerprint density at radius 1 is 1.03 bits per heavy atom. The van der Waals surface area contributed by atoms with Crippen molar-refractivity contribution in [2.45, 2.75) is 0 Å². The molecule has 3 aromatic carbocycles. The zero-order chi connectivity index (χ0) is 22.5. The molecule has 0 unspecified atom stereocenters. The third-order valence-corrected chi connectivity index (χ3v) is 5.66. The minimum Gasteiger partial charge on any atom is -0.493 e. The number of para-hydroxylation sites is 1. The topological polar surface area (TPSA) is 77.0 Å². The van der Waals surface area contributed by atoms with Gasteiger partial charge in [-0.25, -0.2) is 9.79 Å². The largest absolute Gasteiger partial charge is 0.493 e. The highest BCUT2D eigenvalue weighted by Gasteiger charge is 2.24. The smallest absolute Gasteiger partial charge is 0.345 e. The van der Waals surface area contributed by atoms with Crippen molar-refractivity contribution in [1.29, 1.82) is 0 Å². The van der Waals surface area contributed by atoms with Crippen molar-refractivity contribution in [3.63, 3.8) is 0 Å². The van der Waals surface area contributed by atoms with Gasteiger partial charge in [-0.05, 0) is 59.8 Å². The van der Waals surface area contributed by atoms with Crippen LogP contribution in [0, 0.1) is 0 Å². The van der Waals surface area contributed by atoms with Crippen LogP contribution >= 0.6 is 23.4 Å². The van der Waals surface area contributed by atoms with Gasteiger partial charge in [0.2, 0.25) is 0 Å². The number of rotatable bonds is 5. The summed E-state index contributed by atoms with van der Waals surface area (Å²) < 4.78 is 10.8. The van der Waals surface area contributed by atoms with Gasteiger partial charge in [0.05, 0.1) is 28.3 Å². The highest BCUT2D eigenvalue weighted by atomic mass is 35.5. The molecule has 1 saturated heterocycles. The molecule has 1 aliphatic rings. The second-order valence-corrected chi connectivity index (χ2v) is 8.03. The average Bonchev–Trinajstić information content (AvgIpc) is 3.14. The van der Waals surface area contributed by atoms with Gasteiger partial charge in [0.1, 0.15) is 0 Å². The van der Waals surface area contributed by atoms with Gasteiger partial charge in [-0.2, -0.15) is 0 Å². The molecule has 0 radical (unpaired) electrons. The number of benzene rings is 3. The number of amides is 1. The Morgan fingerprint density at radius 2 is 1.78 bits per heavy atom. The van der Waals surface area contributed by atoms with Crippen LogP contribution in [-0.2, 0) is 4.79 Å². The second kappa shape index (κ2) is 9.72. The van der Waals surface area contributed by atoms with Gasteiger partial charge in [-0.1, -0.05) is 48.0 Å². The van der Waals surface area contributed by atoms with E-state index in [1.54, 1.807) is 48.5 Å². The van der Waals surface area contributed by atoms with E-state index in [1.807, 2.05) is 30.3 Å². The van der Waals surface area contributed by atoms with Gasteiger partial charge in [-0.15, -0.1) is 0 Å². The fraction of sp³-hybridized carbons (Fsp3) is 0.0417. The number of nitrogens with one attached hydrogen (secondary N) is 1. The van der Waals surface area contributed by atoms with Gasteiger partial charge >= 0.3 is 5.97 Å². The van der Waals surface area contributed by atoms with Gasteiger partial charge < -0.3 is 14.8 Å². The predicted octanol–water partition coefficient (Wildman–Crippen LogP) is 5.46. The maximum absolute atomic E-state index is 12.5. The molecule has 6 nitrogen and oxygen atoms in total. The van der Waals surface area contributed by atoms with E-state index in [0.29, 0.717) is 26.4 Å². The number of esters is 1. The van der Waals surface area contributed by atoms with Gasteiger partial charge in [0.15, 0.2) is 16.7 Å². The van der Waals surface area contributed by atoms with E-state index >= 15 is 0 Å². The van der Waals surface area contributed by atoms with Crippen LogP contribution in [-0.4, -0.2) is 24.2 Å². The first-order chi connectivity index (χ1) is 15.5. The summed E-state index contributed by atoms with van der Waals surface area (Å²) in [6.45, 7) is 0. The average molecular weight is 465 g/mol. The number of amidine groups is 1. The first-order valence-corrected chi connectivity index (χ1v) is 10.7. The van der Waals surface area contributed by atoms with E-state index < -0.39 is 5.97 Å². The van der Waals surface area contributed by atoms with Crippen molar-refractivity contribution in [3.05, 3.63) is 93.9 Å². The molecule has 1 amide bonds. The molecule has 0 bridgehead atoms. The first kappa shape index (κ1) is 21.7. The lowest BCUT2D eigenvalue weighted by molar-refractivity contribution is -0.115. The third kappa shape index (κ3) is 5.01. The van der Waals surface area contributed by atoms with E-state index in [9.17, 15) is 9.59 Å². The summed E-state index contributed by atoms with van der Waals surface area (Å²) in [6, 6.07) is 21.0. The molecule has 0 aromatic heterocycles. The molecule has 0 aliphatic carbocycles. The summed E-state index contributed by atoms with van der Waals surface area (Å²) in [6.07, 6.45) is 1.72. The summed E-state index contributed by atoms with van der Waals surface area (Å²) in [4.78, 5) is 29.7. The Labute approximate surface area is 193 Å². The molecule has 1 aliphatic heterocycles. The number of aliphatic imine (C=N–C) groups is 1. The lowest BCUT2D eigenvalue weighted by Crippen LogP contribution is -2.19. The molecule has 3 aromatic rings. The van der Waals surface area contributed by atoms with Gasteiger partial charge in [0.25, 0.3) is 5.91 Å². The van der Waals surface area contributed by atoms with E-state index in [0.717, 1.165) is 5.69 Å². The molecule has 1 N–H and O–H groups in total. The number of ether oxygens (including phenoxy) is 2. The standard InChI is InChI=1S/C24H17ClN2O4S/c1-30-20-13-15(11-12-19(20)31-23(29)17-9-5-6-10-18(17)25)14-21-22(28)27-24(32-21)26-16-7-3-2-4-8-16/h2-14H,1H3,(H,26,27,28)/b21-14-. The van der Waals surface area contributed by atoms with Crippen molar-refractivity contribution in [1.82, 2.24) is 5.32 Å². The van der Waals surface area contributed by atoms with Gasteiger partial charge in [-0.3, -0.25) is 4.79 Å². The zero-order valence-corrected chi connectivity index (χ0v) is 18.4. The Morgan fingerprint density at radius 3 is 2.53 bits per heavy atom. The number of halogens is 1. The molecule has 0 saturated carbocycles. The van der Waals surface area contributed by atoms with Crippen LogP contribution in [0.25, 0.3) is 6.08 Å². The number of hydrogen-bond acceptors (Lipinski definition) is 6. The van der Waals surface area contributed by atoms with Crippen molar-refractivity contribution >= 4 is 52.2 Å². The van der Waals surface area contributed by atoms with Crippen LogP contribution in [0.1, 0.15) is 15.9 Å². The van der Waals surface area contributed by atoms with E-state index in [1.165, 1.54) is 18.9 Å². The summed E-state index contributed by atoms with van der Waals surface area (Å²) in [5, 5.41) is 3.56. The van der Waals surface area contributed by atoms with E-state index in [-0.39, 0.29) is 17.2 Å². The number of carbonyl (C=O) groups excluding carboxylic acids is 2. The lowest BCUT2D eigenvalue weighted by atomic mass is 10.2. The highest BCUT2D eigenvalue weighted by Crippen LogP contribution is 2.33. The van der Waals surface area contributed by atoms with Crippen LogP contribution < -0.4 is 14.8 Å². The van der Waals surface area contributed by atoms with E-state index in [4.69, 9.17) is 21.1 Å². The molecule has 160 valence electrons. The number of hydrogen-bond donors (Lipinski definition) is 1. The Bertz CT molecular complexity index is 1240. The Kier molecular flexibility index (Phi) is 6.58. The normalized spacial score (nSPS) is 15.6. The molecule has 8 heteroatoms. The Balaban J connectivity index is 1.53. The minimum absolute atomic E-state index is 0.238. The quantitative estimate of drug-likeness (QED) is 0.308. The van der Waals surface area contributed by atoms with Crippen LogP contribution in [0.2, 0.25) is 5.02 Å². The second-order valence-electron chi connectivity index (χ2n) is 6.60. The number of carbonyl (C=O) groups is 2. The Hall–Kier alpha value is -3.55. The molecule has 1 fully saturated rings. The zero-order valence-electron chi connectivity index (χ0n) is 16.9. The van der Waals surface area contributed by atoms with E-state index in [2.05, 4.69) is 10.3 Å². The highest BCUT2D eigenvalue weighted by molar-refractivity contribution is 8.18. The van der Waals surface area contributed by atoms with Crippen LogP contribution in [0.3, 0.4) is 0 Å². The van der Waals surface area contributed by atoms with Crippen molar-refractivity contribution in [3.8, 4) is 11.5 Å².